The van der Waals surface area contributed by atoms with E-state index in [0.717, 1.165) is 19.6 Å². The van der Waals surface area contributed by atoms with Crippen molar-refractivity contribution in [1.29, 1.82) is 0 Å². The van der Waals surface area contributed by atoms with Crippen LogP contribution in [0.4, 0.5) is 10.1 Å². The van der Waals surface area contributed by atoms with Crippen LogP contribution in [0, 0.1) is 16.3 Å². The molecule has 0 bridgehead atoms. The van der Waals surface area contributed by atoms with Gasteiger partial charge in [0, 0.05) is 0 Å². The van der Waals surface area contributed by atoms with Crippen molar-refractivity contribution in [3.8, 4) is 11.5 Å². The number of benzene rings is 3. The number of thiocarbonyl (C=S) groups is 1. The molecule has 1 N–H and O–H groups in total. The SMILES string of the molecule is CCOc1cc(/C=C2\C(=O)NC(=S)N(c3ccccc3F)C2=O)cc(I)c1OCc1cccc(C)c1. The van der Waals surface area contributed by atoms with Crippen LogP contribution < -0.4 is 19.7 Å². The predicted octanol–water partition coefficient (Wildman–Crippen LogP) is 5.55. The van der Waals surface area contributed by atoms with Gasteiger partial charge in [0.1, 0.15) is 18.0 Å². The van der Waals surface area contributed by atoms with E-state index >= 15 is 0 Å². The van der Waals surface area contributed by atoms with Gasteiger partial charge in [0.2, 0.25) is 0 Å². The number of amides is 2. The van der Waals surface area contributed by atoms with Crippen molar-refractivity contribution in [2.24, 2.45) is 0 Å². The van der Waals surface area contributed by atoms with E-state index in [0.29, 0.717) is 30.3 Å². The van der Waals surface area contributed by atoms with E-state index in [9.17, 15) is 14.0 Å². The van der Waals surface area contributed by atoms with E-state index in [1.165, 1.54) is 24.3 Å². The zero-order valence-corrected chi connectivity index (χ0v) is 22.5. The second-order valence-corrected chi connectivity index (χ2v) is 9.50. The number of ether oxygens (including phenoxy) is 2. The standard InChI is InChI=1S/C27H22FIN2O4S/c1-3-34-23-14-18(13-21(29)24(23)35-15-17-8-6-7-16(2)11-17)12-19-25(32)30-27(36)31(26(19)33)22-10-5-4-9-20(22)28/h4-14H,3,15H2,1-2H3,(H,30,32,36)/b19-12+. The summed E-state index contributed by atoms with van der Waals surface area (Å²) in [5, 5.41) is 2.29. The summed E-state index contributed by atoms with van der Waals surface area (Å²) < 4.78 is 27.0. The lowest BCUT2D eigenvalue weighted by Gasteiger charge is -2.29. The zero-order valence-electron chi connectivity index (χ0n) is 19.5. The van der Waals surface area contributed by atoms with Crippen LogP contribution in [-0.4, -0.2) is 23.5 Å². The highest BCUT2D eigenvalue weighted by Gasteiger charge is 2.35. The van der Waals surface area contributed by atoms with Crippen LogP contribution in [0.5, 0.6) is 11.5 Å². The number of aryl methyl sites for hydroxylation is 1. The zero-order chi connectivity index (χ0) is 25.8. The summed E-state index contributed by atoms with van der Waals surface area (Å²) in [4.78, 5) is 26.9. The van der Waals surface area contributed by atoms with Crippen LogP contribution >= 0.6 is 34.8 Å². The first-order valence-electron chi connectivity index (χ1n) is 11.1. The van der Waals surface area contributed by atoms with Crippen molar-refractivity contribution in [2.75, 3.05) is 11.5 Å². The molecule has 2 amide bonds. The molecule has 1 saturated heterocycles. The molecule has 0 spiro atoms. The van der Waals surface area contributed by atoms with Gasteiger partial charge in [-0.25, -0.2) is 9.29 Å². The molecule has 0 radical (unpaired) electrons. The maximum Gasteiger partial charge on any atom is 0.270 e. The molecule has 9 heteroatoms. The summed E-state index contributed by atoms with van der Waals surface area (Å²) in [6.07, 6.45) is 1.43. The summed E-state index contributed by atoms with van der Waals surface area (Å²) in [5.74, 6) is -0.970. The molecule has 0 aromatic heterocycles. The number of carbonyl (C=O) groups is 2. The number of anilines is 1. The molecule has 184 valence electrons. The first-order valence-corrected chi connectivity index (χ1v) is 12.6. The van der Waals surface area contributed by atoms with Crippen molar-refractivity contribution in [3.05, 3.63) is 92.3 Å². The third-order valence-corrected chi connectivity index (χ3v) is 6.39. The van der Waals surface area contributed by atoms with E-state index in [1.807, 2.05) is 38.1 Å². The Labute approximate surface area is 227 Å². The summed E-state index contributed by atoms with van der Waals surface area (Å²) in [6.45, 7) is 4.62. The first-order chi connectivity index (χ1) is 17.3. The lowest BCUT2D eigenvalue weighted by Crippen LogP contribution is -2.54. The van der Waals surface area contributed by atoms with Gasteiger partial charge in [-0.05, 0) is 90.1 Å². The maximum atomic E-state index is 14.4. The van der Waals surface area contributed by atoms with E-state index in [4.69, 9.17) is 21.7 Å². The fraction of sp³-hybridized carbons (Fsp3) is 0.148. The third kappa shape index (κ3) is 5.57. The second-order valence-electron chi connectivity index (χ2n) is 7.95. The molecule has 0 saturated carbocycles. The Morgan fingerprint density at radius 3 is 2.58 bits per heavy atom. The molecule has 0 unspecified atom stereocenters. The van der Waals surface area contributed by atoms with Gasteiger partial charge >= 0.3 is 0 Å². The van der Waals surface area contributed by atoms with Gasteiger partial charge in [0.15, 0.2) is 16.6 Å². The molecule has 1 aliphatic heterocycles. The van der Waals surface area contributed by atoms with E-state index in [1.54, 1.807) is 18.2 Å². The quantitative estimate of drug-likeness (QED) is 0.163. The number of halogens is 2. The monoisotopic (exact) mass is 616 g/mol. The highest BCUT2D eigenvalue weighted by atomic mass is 127. The number of nitrogens with one attached hydrogen (secondary N) is 1. The van der Waals surface area contributed by atoms with Crippen molar-refractivity contribution in [3.63, 3.8) is 0 Å². The lowest BCUT2D eigenvalue weighted by atomic mass is 10.1. The van der Waals surface area contributed by atoms with Crippen molar-refractivity contribution >= 4 is 63.5 Å². The van der Waals surface area contributed by atoms with Gasteiger partial charge in [-0.1, -0.05) is 42.0 Å². The summed E-state index contributed by atoms with van der Waals surface area (Å²) in [6, 6.07) is 17.2. The molecule has 6 nitrogen and oxygen atoms in total. The molecular formula is C27H22FIN2O4S. The summed E-state index contributed by atoms with van der Waals surface area (Å²) in [5.41, 5.74) is 2.48. The highest BCUT2D eigenvalue weighted by molar-refractivity contribution is 14.1. The Morgan fingerprint density at radius 2 is 1.86 bits per heavy atom. The number of para-hydroxylation sites is 1. The fourth-order valence-electron chi connectivity index (χ4n) is 3.71. The normalized spacial score (nSPS) is 14.7. The minimum absolute atomic E-state index is 0.0390. The predicted molar refractivity (Wildman–Crippen MR) is 148 cm³/mol. The van der Waals surface area contributed by atoms with Crippen LogP contribution in [0.2, 0.25) is 0 Å². The van der Waals surface area contributed by atoms with E-state index in [-0.39, 0.29) is 16.4 Å². The number of hydrogen-bond acceptors (Lipinski definition) is 5. The van der Waals surface area contributed by atoms with Crippen molar-refractivity contribution in [2.45, 2.75) is 20.5 Å². The molecular weight excluding hydrogens is 594 g/mol. The Balaban J connectivity index is 1.67. The van der Waals surface area contributed by atoms with Gasteiger partial charge in [0.25, 0.3) is 11.8 Å². The molecule has 1 heterocycles. The minimum Gasteiger partial charge on any atom is -0.490 e. The summed E-state index contributed by atoms with van der Waals surface area (Å²) in [7, 11) is 0. The third-order valence-electron chi connectivity index (χ3n) is 5.30. The average molecular weight is 616 g/mol. The number of rotatable bonds is 7. The summed E-state index contributed by atoms with van der Waals surface area (Å²) >= 11 is 7.28. The molecule has 0 atom stereocenters. The average Bonchev–Trinajstić information content (AvgIpc) is 2.82. The Morgan fingerprint density at radius 1 is 1.08 bits per heavy atom. The van der Waals surface area contributed by atoms with Crippen LogP contribution in [0.25, 0.3) is 6.08 Å². The molecule has 36 heavy (non-hydrogen) atoms. The van der Waals surface area contributed by atoms with Gasteiger partial charge in [-0.15, -0.1) is 0 Å². The first kappa shape index (κ1) is 25.8. The Kier molecular flexibility index (Phi) is 8.00. The minimum atomic E-state index is -0.721. The fourth-order valence-corrected chi connectivity index (χ4v) is 4.76. The topological polar surface area (TPSA) is 67.9 Å². The molecule has 3 aromatic carbocycles. The van der Waals surface area contributed by atoms with Crippen molar-refractivity contribution < 1.29 is 23.5 Å². The van der Waals surface area contributed by atoms with E-state index in [2.05, 4.69) is 27.9 Å². The smallest absolute Gasteiger partial charge is 0.270 e. The number of hydrogen-bond donors (Lipinski definition) is 1. The van der Waals surface area contributed by atoms with Gasteiger partial charge in [0.05, 0.1) is 15.9 Å². The van der Waals surface area contributed by atoms with Gasteiger partial charge in [-0.3, -0.25) is 14.9 Å². The molecule has 4 rings (SSSR count). The van der Waals surface area contributed by atoms with Gasteiger partial charge < -0.3 is 9.47 Å². The molecule has 1 fully saturated rings. The molecule has 3 aromatic rings. The highest BCUT2D eigenvalue weighted by Crippen LogP contribution is 2.36. The Hall–Kier alpha value is -3.31. The second kappa shape index (κ2) is 11.2. The number of nitrogens with zero attached hydrogens (tertiary/aromatic N) is 1. The molecule has 1 aliphatic rings. The molecule has 0 aliphatic carbocycles. The van der Waals surface area contributed by atoms with Gasteiger partial charge in [-0.2, -0.15) is 0 Å². The van der Waals surface area contributed by atoms with Crippen molar-refractivity contribution in [1.82, 2.24) is 5.32 Å². The number of carbonyl (C=O) groups excluding carboxylic acids is 2. The van der Waals surface area contributed by atoms with Crippen LogP contribution in [0.3, 0.4) is 0 Å². The largest absolute Gasteiger partial charge is 0.490 e. The Bertz CT molecular complexity index is 1390. The lowest BCUT2D eigenvalue weighted by molar-refractivity contribution is -0.122. The maximum absolute atomic E-state index is 14.4. The van der Waals surface area contributed by atoms with Crippen LogP contribution in [-0.2, 0) is 16.2 Å². The van der Waals surface area contributed by atoms with Crippen LogP contribution in [0.15, 0.2) is 66.2 Å². The van der Waals surface area contributed by atoms with E-state index < -0.39 is 17.6 Å². The van der Waals surface area contributed by atoms with Crippen LogP contribution in [0.1, 0.15) is 23.6 Å².